The summed E-state index contributed by atoms with van der Waals surface area (Å²) in [4.78, 5) is 13.5. The lowest BCUT2D eigenvalue weighted by Gasteiger charge is -2.17. The topological polar surface area (TPSA) is 67.6 Å². The minimum atomic E-state index is -0.242. The Hall–Kier alpha value is -2.50. The number of nitrogens with one attached hydrogen (secondary N) is 1. The molecule has 1 N–H and O–H groups in total. The van der Waals surface area contributed by atoms with Crippen LogP contribution in [0.4, 0.5) is 10.6 Å². The zero-order valence-corrected chi connectivity index (χ0v) is 11.7. The standard InChI is InChI=1S/C14H17N3O3/c1-10-8-13(16-20-10)15-14(18)17(2)9-11-4-6-12(19-3)7-5-11/h4-8H,9H2,1-3H3,(H,15,16,18). The van der Waals surface area contributed by atoms with Crippen molar-refractivity contribution in [2.75, 3.05) is 19.5 Å². The smallest absolute Gasteiger partial charge is 0.323 e. The first-order valence-corrected chi connectivity index (χ1v) is 6.17. The Bertz CT molecular complexity index is 578. The van der Waals surface area contributed by atoms with E-state index in [2.05, 4.69) is 10.5 Å². The molecule has 1 aromatic heterocycles. The summed E-state index contributed by atoms with van der Waals surface area (Å²) < 4.78 is 9.98. The number of urea groups is 1. The van der Waals surface area contributed by atoms with Gasteiger partial charge < -0.3 is 14.2 Å². The summed E-state index contributed by atoms with van der Waals surface area (Å²) in [6.45, 7) is 2.26. The second-order valence-corrected chi connectivity index (χ2v) is 4.46. The molecule has 0 bridgehead atoms. The van der Waals surface area contributed by atoms with E-state index in [9.17, 15) is 4.79 Å². The highest BCUT2D eigenvalue weighted by Crippen LogP contribution is 2.13. The third kappa shape index (κ3) is 3.50. The van der Waals surface area contributed by atoms with Gasteiger partial charge in [0.15, 0.2) is 5.82 Å². The van der Waals surface area contributed by atoms with Crippen molar-refractivity contribution in [2.45, 2.75) is 13.5 Å². The first-order valence-electron chi connectivity index (χ1n) is 6.17. The monoisotopic (exact) mass is 275 g/mol. The van der Waals surface area contributed by atoms with Crippen LogP contribution in [0.15, 0.2) is 34.9 Å². The fourth-order valence-electron chi connectivity index (χ4n) is 1.71. The van der Waals surface area contributed by atoms with Gasteiger partial charge in [0.1, 0.15) is 11.5 Å². The Balaban J connectivity index is 1.92. The Kier molecular flexibility index (Phi) is 4.24. The van der Waals surface area contributed by atoms with E-state index in [0.717, 1.165) is 11.3 Å². The van der Waals surface area contributed by atoms with Gasteiger partial charge in [0, 0.05) is 19.7 Å². The summed E-state index contributed by atoms with van der Waals surface area (Å²) in [6, 6.07) is 8.99. The molecule has 6 nitrogen and oxygen atoms in total. The van der Waals surface area contributed by atoms with Crippen molar-refractivity contribution in [3.63, 3.8) is 0 Å². The van der Waals surface area contributed by atoms with Crippen LogP contribution in [0.3, 0.4) is 0 Å². The van der Waals surface area contributed by atoms with Crippen molar-refractivity contribution in [3.8, 4) is 5.75 Å². The van der Waals surface area contributed by atoms with E-state index in [-0.39, 0.29) is 6.03 Å². The number of aromatic nitrogens is 1. The maximum absolute atomic E-state index is 12.0. The predicted octanol–water partition coefficient (Wildman–Crippen LogP) is 2.66. The molecule has 1 aromatic carbocycles. The lowest BCUT2D eigenvalue weighted by molar-refractivity contribution is 0.220. The highest BCUT2D eigenvalue weighted by molar-refractivity contribution is 5.88. The number of aryl methyl sites for hydroxylation is 1. The number of anilines is 1. The minimum Gasteiger partial charge on any atom is -0.497 e. The van der Waals surface area contributed by atoms with E-state index in [1.165, 1.54) is 0 Å². The number of amides is 2. The van der Waals surface area contributed by atoms with Gasteiger partial charge >= 0.3 is 6.03 Å². The third-order valence-corrected chi connectivity index (χ3v) is 2.79. The lowest BCUT2D eigenvalue weighted by atomic mass is 10.2. The van der Waals surface area contributed by atoms with Gasteiger partial charge in [-0.1, -0.05) is 17.3 Å². The Morgan fingerprint density at radius 2 is 2.10 bits per heavy atom. The van der Waals surface area contributed by atoms with Gasteiger partial charge in [-0.2, -0.15) is 0 Å². The molecule has 20 heavy (non-hydrogen) atoms. The van der Waals surface area contributed by atoms with Crippen molar-refractivity contribution in [1.29, 1.82) is 0 Å². The molecule has 0 fully saturated rings. The van der Waals surface area contributed by atoms with Gasteiger partial charge in [-0.3, -0.25) is 5.32 Å². The molecule has 2 aromatic rings. The van der Waals surface area contributed by atoms with Crippen LogP contribution in [0.5, 0.6) is 5.75 Å². The van der Waals surface area contributed by atoms with Crippen molar-refractivity contribution < 1.29 is 14.1 Å². The van der Waals surface area contributed by atoms with Crippen LogP contribution in [0.25, 0.3) is 0 Å². The molecular weight excluding hydrogens is 258 g/mol. The average molecular weight is 275 g/mol. The second-order valence-electron chi connectivity index (χ2n) is 4.46. The Labute approximate surface area is 117 Å². The highest BCUT2D eigenvalue weighted by Gasteiger charge is 2.11. The molecule has 0 atom stereocenters. The summed E-state index contributed by atoms with van der Waals surface area (Å²) in [5, 5.41) is 6.38. The maximum atomic E-state index is 12.0. The molecule has 2 rings (SSSR count). The molecule has 0 spiro atoms. The van der Waals surface area contributed by atoms with E-state index in [1.54, 1.807) is 32.0 Å². The van der Waals surface area contributed by atoms with Gasteiger partial charge in [-0.15, -0.1) is 0 Å². The molecule has 106 valence electrons. The first kappa shape index (κ1) is 13.9. The predicted molar refractivity (Wildman–Crippen MR) is 74.7 cm³/mol. The molecule has 0 saturated carbocycles. The van der Waals surface area contributed by atoms with Gasteiger partial charge in [0.05, 0.1) is 7.11 Å². The van der Waals surface area contributed by atoms with Crippen molar-refractivity contribution in [3.05, 3.63) is 41.7 Å². The van der Waals surface area contributed by atoms with Gasteiger partial charge in [-0.25, -0.2) is 4.79 Å². The largest absolute Gasteiger partial charge is 0.497 e. The van der Waals surface area contributed by atoms with Crippen LogP contribution in [-0.2, 0) is 6.54 Å². The second kappa shape index (κ2) is 6.10. The minimum absolute atomic E-state index is 0.242. The van der Waals surface area contributed by atoms with Crippen LogP contribution in [-0.4, -0.2) is 30.2 Å². The van der Waals surface area contributed by atoms with Crippen LogP contribution in [0, 0.1) is 6.92 Å². The first-order chi connectivity index (χ1) is 9.58. The van der Waals surface area contributed by atoms with Crippen molar-refractivity contribution >= 4 is 11.8 Å². The molecular formula is C14H17N3O3. The van der Waals surface area contributed by atoms with E-state index in [1.807, 2.05) is 24.3 Å². The normalized spacial score (nSPS) is 10.2. The molecule has 6 heteroatoms. The summed E-state index contributed by atoms with van der Waals surface area (Å²) in [6.07, 6.45) is 0. The molecule has 0 unspecified atom stereocenters. The van der Waals surface area contributed by atoms with Crippen LogP contribution in [0.2, 0.25) is 0 Å². The summed E-state index contributed by atoms with van der Waals surface area (Å²) in [7, 11) is 3.33. The van der Waals surface area contributed by atoms with Crippen molar-refractivity contribution in [2.24, 2.45) is 0 Å². The number of hydrogen-bond acceptors (Lipinski definition) is 4. The summed E-state index contributed by atoms with van der Waals surface area (Å²) >= 11 is 0. The molecule has 0 aliphatic rings. The van der Waals surface area contributed by atoms with Gasteiger partial charge in [0.25, 0.3) is 0 Å². The lowest BCUT2D eigenvalue weighted by Crippen LogP contribution is -2.30. The number of hydrogen-bond donors (Lipinski definition) is 1. The number of carbonyl (C=O) groups excluding carboxylic acids is 1. The zero-order chi connectivity index (χ0) is 14.5. The quantitative estimate of drug-likeness (QED) is 0.931. The highest BCUT2D eigenvalue weighted by atomic mass is 16.5. The Morgan fingerprint density at radius 3 is 2.65 bits per heavy atom. The van der Waals surface area contributed by atoms with E-state index in [0.29, 0.717) is 18.1 Å². The average Bonchev–Trinajstić information content (AvgIpc) is 2.85. The van der Waals surface area contributed by atoms with Crippen LogP contribution < -0.4 is 10.1 Å². The van der Waals surface area contributed by atoms with E-state index in [4.69, 9.17) is 9.26 Å². The molecule has 0 radical (unpaired) electrons. The van der Waals surface area contributed by atoms with Gasteiger partial charge in [-0.05, 0) is 24.6 Å². The number of nitrogens with zero attached hydrogens (tertiary/aromatic N) is 2. The SMILES string of the molecule is COc1ccc(CN(C)C(=O)Nc2cc(C)on2)cc1. The van der Waals surface area contributed by atoms with Crippen molar-refractivity contribution in [1.82, 2.24) is 10.1 Å². The third-order valence-electron chi connectivity index (χ3n) is 2.79. The number of methoxy groups -OCH3 is 1. The molecule has 0 aliphatic carbocycles. The zero-order valence-electron chi connectivity index (χ0n) is 11.7. The van der Waals surface area contributed by atoms with Crippen LogP contribution >= 0.6 is 0 Å². The van der Waals surface area contributed by atoms with Gasteiger partial charge in [0.2, 0.25) is 0 Å². The fourth-order valence-corrected chi connectivity index (χ4v) is 1.71. The van der Waals surface area contributed by atoms with E-state index >= 15 is 0 Å². The summed E-state index contributed by atoms with van der Waals surface area (Å²) in [5.41, 5.74) is 1.01. The fraction of sp³-hybridized carbons (Fsp3) is 0.286. The van der Waals surface area contributed by atoms with E-state index < -0.39 is 0 Å². The van der Waals surface area contributed by atoms with Crippen LogP contribution in [0.1, 0.15) is 11.3 Å². The molecule has 2 amide bonds. The molecule has 0 saturated heterocycles. The number of benzene rings is 1. The maximum Gasteiger partial charge on any atom is 0.323 e. The summed E-state index contributed by atoms with van der Waals surface area (Å²) in [5.74, 6) is 1.85. The Morgan fingerprint density at radius 1 is 1.40 bits per heavy atom. The molecule has 1 heterocycles. The number of carbonyl (C=O) groups is 1. The number of ether oxygens (including phenoxy) is 1. The number of rotatable bonds is 4. The molecule has 0 aliphatic heterocycles.